The van der Waals surface area contributed by atoms with Gasteiger partial charge in [0.1, 0.15) is 11.8 Å². The minimum Gasteiger partial charge on any atom is -0.474 e. The molecule has 0 bridgehead atoms. The molecule has 1 atom stereocenters. The summed E-state index contributed by atoms with van der Waals surface area (Å²) in [4.78, 5) is 15.8. The van der Waals surface area contributed by atoms with E-state index in [0.717, 1.165) is 5.56 Å². The maximum Gasteiger partial charge on any atom is 0.184 e. The van der Waals surface area contributed by atoms with Crippen LogP contribution >= 0.6 is 0 Å². The highest BCUT2D eigenvalue weighted by molar-refractivity contribution is 6.11. The number of nitriles is 1. The van der Waals surface area contributed by atoms with Crippen LogP contribution in [0.1, 0.15) is 19.4 Å². The molecule has 96 valence electrons. The number of allylic oxidation sites excluding steroid dienone is 3. The van der Waals surface area contributed by atoms with Gasteiger partial charge in [-0.1, -0.05) is 0 Å². The zero-order chi connectivity index (χ0) is 14.0. The van der Waals surface area contributed by atoms with Crippen LogP contribution in [0, 0.1) is 11.3 Å². The van der Waals surface area contributed by atoms with Crippen molar-refractivity contribution in [2.45, 2.75) is 20.1 Å². The van der Waals surface area contributed by atoms with Crippen LogP contribution in [-0.2, 0) is 9.53 Å². The molecule has 2 heterocycles. The summed E-state index contributed by atoms with van der Waals surface area (Å²) in [5.41, 5.74) is 7.72. The summed E-state index contributed by atoms with van der Waals surface area (Å²) in [6.45, 7) is 3.11. The van der Waals surface area contributed by atoms with Crippen molar-refractivity contribution in [3.05, 3.63) is 47.0 Å². The SMILES string of the molecule is CC(=O)C1=C(C)OC(N)C(C#N)=C1c1ccncc1. The lowest BCUT2D eigenvalue weighted by Gasteiger charge is -2.26. The van der Waals surface area contributed by atoms with E-state index in [1.54, 1.807) is 31.5 Å². The Hall–Kier alpha value is -2.45. The van der Waals surface area contributed by atoms with Gasteiger partial charge in [-0.15, -0.1) is 0 Å². The summed E-state index contributed by atoms with van der Waals surface area (Å²) >= 11 is 0. The third kappa shape index (κ3) is 2.26. The lowest BCUT2D eigenvalue weighted by Crippen LogP contribution is -2.31. The maximum atomic E-state index is 11.8. The number of hydrogen-bond acceptors (Lipinski definition) is 5. The van der Waals surface area contributed by atoms with E-state index in [0.29, 0.717) is 16.9 Å². The van der Waals surface area contributed by atoms with Gasteiger partial charge in [-0.3, -0.25) is 15.5 Å². The van der Waals surface area contributed by atoms with Crippen molar-refractivity contribution in [3.8, 4) is 6.07 Å². The fourth-order valence-electron chi connectivity index (χ4n) is 2.12. The van der Waals surface area contributed by atoms with Gasteiger partial charge in [0.25, 0.3) is 0 Å². The average Bonchev–Trinajstić information content (AvgIpc) is 2.38. The molecule has 1 aliphatic rings. The zero-order valence-electron chi connectivity index (χ0n) is 10.7. The summed E-state index contributed by atoms with van der Waals surface area (Å²) in [5.74, 6) is 0.273. The molecule has 0 saturated carbocycles. The molecule has 5 nitrogen and oxygen atoms in total. The second-order valence-electron chi connectivity index (χ2n) is 4.16. The van der Waals surface area contributed by atoms with Gasteiger partial charge in [0.05, 0.1) is 11.1 Å². The van der Waals surface area contributed by atoms with Gasteiger partial charge in [0, 0.05) is 18.0 Å². The quantitative estimate of drug-likeness (QED) is 0.865. The number of rotatable bonds is 2. The normalized spacial score (nSPS) is 18.9. The number of pyridine rings is 1. The van der Waals surface area contributed by atoms with Gasteiger partial charge in [-0.25, -0.2) is 0 Å². The van der Waals surface area contributed by atoms with E-state index in [1.165, 1.54) is 6.92 Å². The van der Waals surface area contributed by atoms with Crippen molar-refractivity contribution in [2.24, 2.45) is 5.73 Å². The molecule has 1 aromatic heterocycles. The van der Waals surface area contributed by atoms with Gasteiger partial charge in [0.15, 0.2) is 12.0 Å². The number of nitrogens with two attached hydrogens (primary N) is 1. The van der Waals surface area contributed by atoms with Crippen LogP contribution in [0.15, 0.2) is 41.4 Å². The van der Waals surface area contributed by atoms with Gasteiger partial charge >= 0.3 is 0 Å². The zero-order valence-corrected chi connectivity index (χ0v) is 10.7. The molecule has 2 N–H and O–H groups in total. The van der Waals surface area contributed by atoms with E-state index in [1.807, 2.05) is 6.07 Å². The van der Waals surface area contributed by atoms with Gasteiger partial charge in [-0.05, 0) is 31.5 Å². The Labute approximate surface area is 111 Å². The number of nitrogens with zero attached hydrogens (tertiary/aromatic N) is 2. The van der Waals surface area contributed by atoms with Crippen molar-refractivity contribution < 1.29 is 9.53 Å². The van der Waals surface area contributed by atoms with Crippen LogP contribution in [0.5, 0.6) is 0 Å². The first-order valence-electron chi connectivity index (χ1n) is 5.75. The van der Waals surface area contributed by atoms with Crippen LogP contribution in [0.25, 0.3) is 5.57 Å². The highest BCUT2D eigenvalue weighted by atomic mass is 16.5. The first-order valence-corrected chi connectivity index (χ1v) is 5.75. The van der Waals surface area contributed by atoms with E-state index in [4.69, 9.17) is 10.5 Å². The Morgan fingerprint density at radius 3 is 2.63 bits per heavy atom. The molecule has 0 aromatic carbocycles. The minimum atomic E-state index is -0.851. The second-order valence-corrected chi connectivity index (χ2v) is 4.16. The van der Waals surface area contributed by atoms with E-state index >= 15 is 0 Å². The number of hydrogen-bond donors (Lipinski definition) is 1. The van der Waals surface area contributed by atoms with Crippen LogP contribution in [0.3, 0.4) is 0 Å². The summed E-state index contributed by atoms with van der Waals surface area (Å²) < 4.78 is 5.36. The van der Waals surface area contributed by atoms with E-state index in [9.17, 15) is 10.1 Å². The number of ether oxygens (including phenoxy) is 1. The number of aromatic nitrogens is 1. The molecule has 0 saturated heterocycles. The minimum absolute atomic E-state index is 0.163. The standard InChI is InChI=1S/C14H13N3O2/c1-8(18)12-9(2)19-14(16)11(7-15)13(12)10-3-5-17-6-4-10/h3-6,14H,16H2,1-2H3. The molecule has 1 aromatic rings. The van der Waals surface area contributed by atoms with Gasteiger partial charge in [0.2, 0.25) is 0 Å². The Morgan fingerprint density at radius 2 is 2.11 bits per heavy atom. The largest absolute Gasteiger partial charge is 0.474 e. The number of carbonyl (C=O) groups excluding carboxylic acids is 1. The molecule has 1 aliphatic heterocycles. The van der Waals surface area contributed by atoms with E-state index in [-0.39, 0.29) is 11.4 Å². The van der Waals surface area contributed by atoms with E-state index < -0.39 is 6.23 Å². The predicted molar refractivity (Wildman–Crippen MR) is 69.2 cm³/mol. The molecule has 5 heteroatoms. The molecule has 19 heavy (non-hydrogen) atoms. The molecule has 0 amide bonds. The lowest BCUT2D eigenvalue weighted by molar-refractivity contribution is -0.113. The predicted octanol–water partition coefficient (Wildman–Crippen LogP) is 1.54. The molecule has 1 unspecified atom stereocenters. The van der Waals surface area contributed by atoms with Crippen LogP contribution in [0.2, 0.25) is 0 Å². The summed E-state index contributed by atoms with van der Waals surface area (Å²) in [6, 6.07) is 5.50. The molecule has 2 rings (SSSR count). The Balaban J connectivity index is 2.74. The van der Waals surface area contributed by atoms with Gasteiger partial charge in [-0.2, -0.15) is 5.26 Å². The fourth-order valence-corrected chi connectivity index (χ4v) is 2.12. The van der Waals surface area contributed by atoms with Crippen molar-refractivity contribution in [1.82, 2.24) is 4.98 Å². The maximum absolute atomic E-state index is 11.8. The Morgan fingerprint density at radius 1 is 1.47 bits per heavy atom. The lowest BCUT2D eigenvalue weighted by atomic mass is 9.88. The second kappa shape index (κ2) is 5.04. The molecule has 0 radical (unpaired) electrons. The third-order valence-electron chi connectivity index (χ3n) is 2.90. The highest BCUT2D eigenvalue weighted by Crippen LogP contribution is 2.35. The summed E-state index contributed by atoms with van der Waals surface area (Å²) in [6.07, 6.45) is 2.35. The van der Waals surface area contributed by atoms with Crippen LogP contribution in [0.4, 0.5) is 0 Å². The van der Waals surface area contributed by atoms with Crippen molar-refractivity contribution in [3.63, 3.8) is 0 Å². The highest BCUT2D eigenvalue weighted by Gasteiger charge is 2.29. The fraction of sp³-hybridized carbons (Fsp3) is 0.214. The topological polar surface area (TPSA) is 89.0 Å². The molecule has 0 fully saturated rings. The molecule has 0 aliphatic carbocycles. The Bertz CT molecular complexity index is 624. The third-order valence-corrected chi connectivity index (χ3v) is 2.90. The van der Waals surface area contributed by atoms with Crippen molar-refractivity contribution in [1.29, 1.82) is 5.26 Å². The number of ketones is 1. The monoisotopic (exact) mass is 255 g/mol. The molecular formula is C14H13N3O2. The molecular weight excluding hydrogens is 242 g/mol. The molecule has 0 spiro atoms. The Kier molecular flexibility index (Phi) is 3.45. The smallest absolute Gasteiger partial charge is 0.184 e. The first kappa shape index (κ1) is 13.0. The van der Waals surface area contributed by atoms with Crippen molar-refractivity contribution >= 4 is 11.4 Å². The number of carbonyl (C=O) groups is 1. The average molecular weight is 255 g/mol. The van der Waals surface area contributed by atoms with Crippen LogP contribution in [-0.4, -0.2) is 17.0 Å². The van der Waals surface area contributed by atoms with Crippen molar-refractivity contribution in [2.75, 3.05) is 0 Å². The summed E-state index contributed by atoms with van der Waals surface area (Å²) in [7, 11) is 0. The first-order chi connectivity index (χ1) is 9.06. The summed E-state index contributed by atoms with van der Waals surface area (Å²) in [5, 5.41) is 9.26. The number of Topliss-reactive ketones (excluding diaryl/α,β-unsaturated/α-hetero) is 1. The van der Waals surface area contributed by atoms with Gasteiger partial charge < -0.3 is 4.74 Å². The van der Waals surface area contributed by atoms with Crippen LogP contribution < -0.4 is 5.73 Å². The van der Waals surface area contributed by atoms with E-state index in [2.05, 4.69) is 4.98 Å².